The van der Waals surface area contributed by atoms with Crippen LogP contribution in [0.4, 0.5) is 0 Å². The third kappa shape index (κ3) is 5.64. The van der Waals surface area contributed by atoms with Crippen molar-refractivity contribution in [3.05, 3.63) is 23.3 Å². The number of hydrogen-bond donors (Lipinski definition) is 2. The first kappa shape index (κ1) is 21.6. The Labute approximate surface area is 164 Å². The van der Waals surface area contributed by atoms with Crippen molar-refractivity contribution in [2.24, 2.45) is 5.41 Å². The van der Waals surface area contributed by atoms with Crippen molar-refractivity contribution in [1.29, 1.82) is 0 Å². The molecule has 1 amide bonds. The molecule has 1 heterocycles. The van der Waals surface area contributed by atoms with Gasteiger partial charge in [0.2, 0.25) is 12.7 Å². The summed E-state index contributed by atoms with van der Waals surface area (Å²) in [4.78, 5) is 35.9. The van der Waals surface area contributed by atoms with E-state index in [1.807, 2.05) is 6.92 Å². The number of aromatic hydroxyl groups is 1. The Morgan fingerprint density at radius 2 is 2.00 bits per heavy atom. The van der Waals surface area contributed by atoms with Crippen LogP contribution in [-0.4, -0.2) is 43.2 Å². The van der Waals surface area contributed by atoms with Gasteiger partial charge in [-0.05, 0) is 51.3 Å². The standard InChI is InChI=1S/C19H26BNO7/c1-5-6-15(23)21-14-8-11-7-12(22)9-13(16(11)28-20-14)17(24)26-10-27-18(25)19(2,3)4/h7,9,14,20,22H,5-6,8,10H2,1-4H3,(H,21,23). The molecule has 1 unspecified atom stereocenters. The molecule has 8 nitrogen and oxygen atoms in total. The first-order valence-corrected chi connectivity index (χ1v) is 9.24. The van der Waals surface area contributed by atoms with Crippen LogP contribution >= 0.6 is 0 Å². The number of phenols is 1. The third-order valence-electron chi connectivity index (χ3n) is 4.10. The number of benzene rings is 1. The molecule has 2 rings (SSSR count). The van der Waals surface area contributed by atoms with Gasteiger partial charge in [0.05, 0.1) is 5.41 Å². The molecular weight excluding hydrogens is 365 g/mol. The average molecular weight is 391 g/mol. The molecule has 1 aliphatic heterocycles. The number of fused-ring (bicyclic) bond motifs is 1. The molecule has 0 aliphatic carbocycles. The van der Waals surface area contributed by atoms with Crippen molar-refractivity contribution >= 4 is 25.3 Å². The van der Waals surface area contributed by atoms with Crippen LogP contribution in [-0.2, 0) is 25.5 Å². The van der Waals surface area contributed by atoms with Crippen LogP contribution < -0.4 is 9.97 Å². The Balaban J connectivity index is 2.05. The highest BCUT2D eigenvalue weighted by atomic mass is 16.7. The monoisotopic (exact) mass is 391 g/mol. The minimum Gasteiger partial charge on any atom is -0.561 e. The number of esters is 2. The van der Waals surface area contributed by atoms with Gasteiger partial charge in [-0.1, -0.05) is 6.92 Å². The number of rotatable bonds is 6. The highest BCUT2D eigenvalue weighted by Gasteiger charge is 2.29. The van der Waals surface area contributed by atoms with Gasteiger partial charge < -0.3 is 24.6 Å². The minimum absolute atomic E-state index is 0.0418. The summed E-state index contributed by atoms with van der Waals surface area (Å²) >= 11 is 0. The number of carbonyl (C=O) groups excluding carboxylic acids is 3. The van der Waals surface area contributed by atoms with E-state index in [0.29, 0.717) is 24.2 Å². The van der Waals surface area contributed by atoms with E-state index in [-0.39, 0.29) is 30.6 Å². The number of amides is 1. The predicted molar refractivity (Wildman–Crippen MR) is 102 cm³/mol. The maximum absolute atomic E-state index is 12.4. The van der Waals surface area contributed by atoms with Crippen molar-refractivity contribution in [1.82, 2.24) is 5.32 Å². The highest BCUT2D eigenvalue weighted by molar-refractivity contribution is 6.32. The van der Waals surface area contributed by atoms with Gasteiger partial charge in [-0.25, -0.2) is 4.79 Å². The number of phenolic OH excluding ortho intramolecular Hbond substituents is 1. The Kier molecular flexibility index (Phi) is 6.93. The van der Waals surface area contributed by atoms with Crippen LogP contribution in [0.2, 0.25) is 0 Å². The zero-order valence-corrected chi connectivity index (χ0v) is 16.7. The average Bonchev–Trinajstić information content (AvgIpc) is 2.59. The largest absolute Gasteiger partial charge is 0.561 e. The molecule has 0 fully saturated rings. The summed E-state index contributed by atoms with van der Waals surface area (Å²) < 4.78 is 15.6. The lowest BCUT2D eigenvalue weighted by Crippen LogP contribution is -2.45. The van der Waals surface area contributed by atoms with Crippen molar-refractivity contribution in [3.8, 4) is 11.5 Å². The molecule has 0 radical (unpaired) electrons. The zero-order valence-electron chi connectivity index (χ0n) is 16.7. The maximum Gasteiger partial charge on any atom is 0.363 e. The molecule has 0 aromatic heterocycles. The van der Waals surface area contributed by atoms with Gasteiger partial charge in [-0.2, -0.15) is 0 Å². The normalized spacial score (nSPS) is 15.5. The van der Waals surface area contributed by atoms with E-state index in [1.165, 1.54) is 12.1 Å². The van der Waals surface area contributed by atoms with E-state index in [2.05, 4.69) is 5.32 Å². The molecule has 0 saturated carbocycles. The molecule has 9 heteroatoms. The van der Waals surface area contributed by atoms with Crippen LogP contribution in [0.3, 0.4) is 0 Å². The summed E-state index contributed by atoms with van der Waals surface area (Å²) in [5, 5.41) is 12.8. The number of nitrogens with one attached hydrogen (secondary N) is 1. The summed E-state index contributed by atoms with van der Waals surface area (Å²) in [6.07, 6.45) is 1.58. The third-order valence-corrected chi connectivity index (χ3v) is 4.10. The van der Waals surface area contributed by atoms with Gasteiger partial charge in [0, 0.05) is 12.4 Å². The van der Waals surface area contributed by atoms with E-state index in [4.69, 9.17) is 14.1 Å². The summed E-state index contributed by atoms with van der Waals surface area (Å²) in [7, 11) is 0.201. The first-order chi connectivity index (χ1) is 13.1. The van der Waals surface area contributed by atoms with Crippen LogP contribution in [0.5, 0.6) is 11.5 Å². The number of hydrogen-bond acceptors (Lipinski definition) is 7. The Hall–Kier alpha value is -2.71. The smallest absolute Gasteiger partial charge is 0.363 e. The second-order valence-electron chi connectivity index (χ2n) is 7.74. The molecule has 0 bridgehead atoms. The van der Waals surface area contributed by atoms with Crippen molar-refractivity contribution in [2.45, 2.75) is 52.9 Å². The highest BCUT2D eigenvalue weighted by Crippen LogP contribution is 2.33. The molecule has 0 spiro atoms. The first-order valence-electron chi connectivity index (χ1n) is 9.24. The fourth-order valence-electron chi connectivity index (χ4n) is 2.70. The lowest BCUT2D eigenvalue weighted by molar-refractivity contribution is -0.161. The fraction of sp³-hybridized carbons (Fsp3) is 0.526. The van der Waals surface area contributed by atoms with Gasteiger partial charge in [-0.15, -0.1) is 0 Å². The van der Waals surface area contributed by atoms with Crippen LogP contribution in [0, 0.1) is 5.41 Å². The van der Waals surface area contributed by atoms with Crippen LogP contribution in [0.15, 0.2) is 12.1 Å². The van der Waals surface area contributed by atoms with E-state index < -0.39 is 24.1 Å². The molecular formula is C19H26BNO7. The van der Waals surface area contributed by atoms with Crippen molar-refractivity contribution < 1.29 is 33.6 Å². The quantitative estimate of drug-likeness (QED) is 0.431. The summed E-state index contributed by atoms with van der Waals surface area (Å²) in [5.74, 6) is -1.42. The van der Waals surface area contributed by atoms with Crippen LogP contribution in [0.25, 0.3) is 0 Å². The Morgan fingerprint density at radius 3 is 2.64 bits per heavy atom. The van der Waals surface area contributed by atoms with Crippen molar-refractivity contribution in [3.63, 3.8) is 0 Å². The Bertz CT molecular complexity index is 757. The second-order valence-corrected chi connectivity index (χ2v) is 7.74. The van der Waals surface area contributed by atoms with Gasteiger partial charge in [-0.3, -0.25) is 9.59 Å². The lowest BCUT2D eigenvalue weighted by atomic mass is 9.79. The molecule has 1 atom stereocenters. The van der Waals surface area contributed by atoms with E-state index >= 15 is 0 Å². The van der Waals surface area contributed by atoms with E-state index in [0.717, 1.165) is 6.42 Å². The Morgan fingerprint density at radius 1 is 1.29 bits per heavy atom. The fourth-order valence-corrected chi connectivity index (χ4v) is 2.70. The number of carbonyl (C=O) groups is 3. The topological polar surface area (TPSA) is 111 Å². The van der Waals surface area contributed by atoms with Gasteiger partial charge in [0.15, 0.2) is 0 Å². The van der Waals surface area contributed by atoms with Crippen molar-refractivity contribution in [2.75, 3.05) is 6.79 Å². The maximum atomic E-state index is 12.4. The van der Waals surface area contributed by atoms with Crippen LogP contribution in [0.1, 0.15) is 56.5 Å². The molecule has 152 valence electrons. The molecule has 0 saturated heterocycles. The van der Waals surface area contributed by atoms with Gasteiger partial charge in [0.25, 0.3) is 0 Å². The molecule has 1 aliphatic rings. The summed E-state index contributed by atoms with van der Waals surface area (Å²) in [6, 6.07) is 2.73. The second kappa shape index (κ2) is 8.99. The molecule has 28 heavy (non-hydrogen) atoms. The van der Waals surface area contributed by atoms with E-state index in [9.17, 15) is 19.5 Å². The van der Waals surface area contributed by atoms with Gasteiger partial charge in [0.1, 0.15) is 17.1 Å². The zero-order chi connectivity index (χ0) is 20.9. The predicted octanol–water partition coefficient (Wildman–Crippen LogP) is 1.62. The van der Waals surface area contributed by atoms with Gasteiger partial charge >= 0.3 is 19.4 Å². The summed E-state index contributed by atoms with van der Waals surface area (Å²) in [6.45, 7) is 6.45. The van der Waals surface area contributed by atoms with E-state index in [1.54, 1.807) is 20.8 Å². The SMILES string of the molecule is CCCC(=O)NC1BOc2c(cc(O)cc2C(=O)OCOC(=O)C(C)(C)C)C1. The molecule has 2 N–H and O–H groups in total. The molecule has 1 aromatic rings. The number of ether oxygens (including phenoxy) is 2. The summed E-state index contributed by atoms with van der Waals surface area (Å²) in [5.41, 5.74) is -0.0801. The minimum atomic E-state index is -0.776. The lowest BCUT2D eigenvalue weighted by Gasteiger charge is -2.27. The molecule has 1 aromatic carbocycles.